The third-order valence-corrected chi connectivity index (χ3v) is 3.91. The molecule has 0 fully saturated rings. The van der Waals surface area contributed by atoms with Crippen molar-refractivity contribution >= 4 is 0 Å². The van der Waals surface area contributed by atoms with Gasteiger partial charge in [0, 0.05) is 6.42 Å². The van der Waals surface area contributed by atoms with Gasteiger partial charge in [-0.05, 0) is 18.6 Å². The van der Waals surface area contributed by atoms with E-state index in [0.717, 1.165) is 18.6 Å². The second-order valence-corrected chi connectivity index (χ2v) is 5.91. The summed E-state index contributed by atoms with van der Waals surface area (Å²) in [6, 6.07) is 3.81. The molecule has 1 atom stereocenters. The first-order valence-electron chi connectivity index (χ1n) is 8.53. The van der Waals surface area contributed by atoms with Crippen molar-refractivity contribution in [2.75, 3.05) is 0 Å². The lowest BCUT2D eigenvalue weighted by Crippen LogP contribution is -2.09. The number of rotatable bonds is 13. The summed E-state index contributed by atoms with van der Waals surface area (Å²) in [6.45, 7) is 2.26. The summed E-state index contributed by atoms with van der Waals surface area (Å²) in [5.74, 6) is 0.893. The van der Waals surface area contributed by atoms with Gasteiger partial charge in [0.25, 0.3) is 0 Å². The molecule has 1 rings (SSSR count). The van der Waals surface area contributed by atoms with Crippen molar-refractivity contribution in [2.45, 2.75) is 90.1 Å². The highest BCUT2D eigenvalue weighted by Crippen LogP contribution is 2.13. The molecule has 0 aliphatic carbocycles. The van der Waals surface area contributed by atoms with Crippen molar-refractivity contribution in [2.24, 2.45) is 0 Å². The predicted octanol–water partition coefficient (Wildman–Crippen LogP) is 5.49. The van der Waals surface area contributed by atoms with Crippen molar-refractivity contribution in [3.8, 4) is 0 Å². The van der Waals surface area contributed by atoms with Gasteiger partial charge in [-0.25, -0.2) is 0 Å². The Morgan fingerprint density at radius 2 is 1.55 bits per heavy atom. The number of unbranched alkanes of at least 4 members (excludes halogenated alkanes) is 9. The predicted molar refractivity (Wildman–Crippen MR) is 84.9 cm³/mol. The van der Waals surface area contributed by atoms with E-state index in [4.69, 9.17) is 4.42 Å². The van der Waals surface area contributed by atoms with Crippen LogP contribution in [0.15, 0.2) is 22.8 Å². The number of aliphatic hydroxyl groups excluding tert-OH is 1. The molecule has 0 spiro atoms. The lowest BCUT2D eigenvalue weighted by molar-refractivity contribution is 0.154. The van der Waals surface area contributed by atoms with E-state index in [-0.39, 0.29) is 6.10 Å². The van der Waals surface area contributed by atoms with E-state index in [1.165, 1.54) is 57.8 Å². The first-order valence-corrected chi connectivity index (χ1v) is 8.53. The minimum absolute atomic E-state index is 0.241. The van der Waals surface area contributed by atoms with Crippen LogP contribution in [0.4, 0.5) is 0 Å². The van der Waals surface area contributed by atoms with E-state index in [9.17, 15) is 5.11 Å². The number of furan rings is 1. The molecule has 0 radical (unpaired) electrons. The fourth-order valence-electron chi connectivity index (χ4n) is 2.63. The van der Waals surface area contributed by atoms with Gasteiger partial charge >= 0.3 is 0 Å². The van der Waals surface area contributed by atoms with Crippen LogP contribution >= 0.6 is 0 Å². The van der Waals surface area contributed by atoms with Crippen LogP contribution in [-0.2, 0) is 6.42 Å². The van der Waals surface area contributed by atoms with Crippen LogP contribution in [0, 0.1) is 0 Å². The molecule has 0 amide bonds. The maximum atomic E-state index is 9.88. The third-order valence-electron chi connectivity index (χ3n) is 3.91. The molecular formula is C18H32O2. The largest absolute Gasteiger partial charge is 0.469 e. The fourth-order valence-corrected chi connectivity index (χ4v) is 2.63. The Morgan fingerprint density at radius 3 is 2.10 bits per heavy atom. The van der Waals surface area contributed by atoms with E-state index < -0.39 is 0 Å². The fraction of sp³-hybridized carbons (Fsp3) is 0.778. The number of aliphatic hydroxyl groups is 1. The van der Waals surface area contributed by atoms with Crippen LogP contribution in [0.5, 0.6) is 0 Å². The molecule has 20 heavy (non-hydrogen) atoms. The molecular weight excluding hydrogens is 248 g/mol. The molecule has 0 bridgehead atoms. The highest BCUT2D eigenvalue weighted by atomic mass is 16.3. The minimum atomic E-state index is -0.241. The normalized spacial score (nSPS) is 12.7. The topological polar surface area (TPSA) is 33.4 Å². The second-order valence-electron chi connectivity index (χ2n) is 5.91. The van der Waals surface area contributed by atoms with Crippen LogP contribution in [0.25, 0.3) is 0 Å². The first kappa shape index (κ1) is 17.3. The van der Waals surface area contributed by atoms with Gasteiger partial charge in [-0.3, -0.25) is 0 Å². The van der Waals surface area contributed by atoms with Crippen LogP contribution in [-0.4, -0.2) is 11.2 Å². The zero-order chi connectivity index (χ0) is 14.5. The summed E-state index contributed by atoms with van der Waals surface area (Å²) in [7, 11) is 0. The van der Waals surface area contributed by atoms with E-state index in [1.54, 1.807) is 6.26 Å². The lowest BCUT2D eigenvalue weighted by Gasteiger charge is -2.08. The summed E-state index contributed by atoms with van der Waals surface area (Å²) in [6.07, 6.45) is 16.4. The standard InChI is InChI=1S/C18H32O2/c1-2-3-4-5-6-7-8-9-10-11-13-17(19)16-18-14-12-15-20-18/h12,14-15,17,19H,2-11,13,16H2,1H3. The van der Waals surface area contributed by atoms with Crippen LogP contribution in [0.3, 0.4) is 0 Å². The van der Waals surface area contributed by atoms with Crippen LogP contribution in [0.1, 0.15) is 83.3 Å². The molecule has 116 valence electrons. The maximum absolute atomic E-state index is 9.88. The molecule has 0 saturated heterocycles. The molecule has 1 unspecified atom stereocenters. The van der Waals surface area contributed by atoms with Crippen LogP contribution < -0.4 is 0 Å². The molecule has 1 aromatic heterocycles. The monoisotopic (exact) mass is 280 g/mol. The van der Waals surface area contributed by atoms with Gasteiger partial charge in [0.05, 0.1) is 12.4 Å². The van der Waals surface area contributed by atoms with Gasteiger partial charge < -0.3 is 9.52 Å². The molecule has 0 aliphatic heterocycles. The van der Waals surface area contributed by atoms with Gasteiger partial charge in [0.2, 0.25) is 0 Å². The highest BCUT2D eigenvalue weighted by Gasteiger charge is 2.06. The Morgan fingerprint density at radius 1 is 0.950 bits per heavy atom. The zero-order valence-electron chi connectivity index (χ0n) is 13.2. The SMILES string of the molecule is CCCCCCCCCCCCC(O)Cc1ccco1. The van der Waals surface area contributed by atoms with Gasteiger partial charge in [-0.1, -0.05) is 71.1 Å². The van der Waals surface area contributed by atoms with Crippen molar-refractivity contribution in [1.29, 1.82) is 0 Å². The van der Waals surface area contributed by atoms with Crippen LogP contribution in [0.2, 0.25) is 0 Å². The Hall–Kier alpha value is -0.760. The van der Waals surface area contributed by atoms with Gasteiger partial charge in [0.1, 0.15) is 5.76 Å². The summed E-state index contributed by atoms with van der Waals surface area (Å²) in [5.41, 5.74) is 0. The molecule has 0 saturated carbocycles. The maximum Gasteiger partial charge on any atom is 0.106 e. The molecule has 2 heteroatoms. The van der Waals surface area contributed by atoms with E-state index >= 15 is 0 Å². The average molecular weight is 280 g/mol. The third kappa shape index (κ3) is 9.19. The Bertz CT molecular complexity index is 292. The van der Waals surface area contributed by atoms with E-state index in [0.29, 0.717) is 6.42 Å². The molecule has 0 aliphatic rings. The Balaban J connectivity index is 1.82. The Labute approximate surface area is 124 Å². The highest BCUT2D eigenvalue weighted by molar-refractivity contribution is 4.99. The minimum Gasteiger partial charge on any atom is -0.469 e. The summed E-state index contributed by atoms with van der Waals surface area (Å²) >= 11 is 0. The average Bonchev–Trinajstić information content (AvgIpc) is 2.93. The zero-order valence-corrected chi connectivity index (χ0v) is 13.2. The lowest BCUT2D eigenvalue weighted by atomic mass is 10.0. The summed E-state index contributed by atoms with van der Waals surface area (Å²) in [5, 5.41) is 9.88. The van der Waals surface area contributed by atoms with Crippen molar-refractivity contribution in [3.63, 3.8) is 0 Å². The quantitative estimate of drug-likeness (QED) is 0.484. The molecule has 1 heterocycles. The summed E-state index contributed by atoms with van der Waals surface area (Å²) < 4.78 is 5.24. The molecule has 0 aromatic carbocycles. The van der Waals surface area contributed by atoms with Gasteiger partial charge in [-0.15, -0.1) is 0 Å². The summed E-state index contributed by atoms with van der Waals surface area (Å²) in [4.78, 5) is 0. The van der Waals surface area contributed by atoms with Crippen molar-refractivity contribution in [1.82, 2.24) is 0 Å². The first-order chi connectivity index (χ1) is 9.83. The second kappa shape index (κ2) is 12.0. The van der Waals surface area contributed by atoms with Gasteiger partial charge in [-0.2, -0.15) is 0 Å². The Kier molecular flexibility index (Phi) is 10.4. The van der Waals surface area contributed by atoms with Crippen molar-refractivity contribution < 1.29 is 9.52 Å². The molecule has 1 N–H and O–H groups in total. The van der Waals surface area contributed by atoms with Crippen molar-refractivity contribution in [3.05, 3.63) is 24.2 Å². The van der Waals surface area contributed by atoms with E-state index in [1.807, 2.05) is 12.1 Å². The van der Waals surface area contributed by atoms with E-state index in [2.05, 4.69) is 6.92 Å². The molecule has 1 aromatic rings. The number of hydrogen-bond acceptors (Lipinski definition) is 2. The number of hydrogen-bond donors (Lipinski definition) is 1. The molecule has 2 nitrogen and oxygen atoms in total. The smallest absolute Gasteiger partial charge is 0.106 e. The van der Waals surface area contributed by atoms with Gasteiger partial charge in [0.15, 0.2) is 0 Å².